The minimum Gasteiger partial charge on any atom is -0.355 e. The molecule has 0 unspecified atom stereocenters. The van der Waals surface area contributed by atoms with Gasteiger partial charge in [-0.2, -0.15) is 0 Å². The zero-order valence-corrected chi connectivity index (χ0v) is 10.7. The lowest BCUT2D eigenvalue weighted by atomic mass is 10.3. The smallest absolute Gasteiger partial charge is 0.224 e. The Labute approximate surface area is 102 Å². The molecule has 1 aliphatic rings. The molecule has 2 heterocycles. The van der Waals surface area contributed by atoms with Crippen LogP contribution in [-0.4, -0.2) is 52.4 Å². The fourth-order valence-corrected chi connectivity index (χ4v) is 2.14. The van der Waals surface area contributed by atoms with Crippen molar-refractivity contribution in [3.63, 3.8) is 0 Å². The van der Waals surface area contributed by atoms with E-state index in [1.165, 1.54) is 0 Å². The van der Waals surface area contributed by atoms with Crippen LogP contribution in [0, 0.1) is 0 Å². The maximum atomic E-state index is 4.29. The molecule has 0 atom stereocenters. The molecule has 1 aromatic rings. The molecule has 0 amide bonds. The molecular formula is C11H22N6. The van der Waals surface area contributed by atoms with E-state index in [-0.39, 0.29) is 0 Å². The fourth-order valence-electron chi connectivity index (χ4n) is 2.14. The van der Waals surface area contributed by atoms with E-state index in [2.05, 4.69) is 44.1 Å². The molecule has 0 saturated carbocycles. The van der Waals surface area contributed by atoms with Crippen LogP contribution in [0.25, 0.3) is 0 Å². The molecule has 6 heteroatoms. The van der Waals surface area contributed by atoms with E-state index in [0.29, 0.717) is 0 Å². The van der Waals surface area contributed by atoms with Gasteiger partial charge in [0.2, 0.25) is 5.95 Å². The van der Waals surface area contributed by atoms with Gasteiger partial charge in [-0.15, -0.1) is 10.2 Å². The number of rotatable bonds is 5. The van der Waals surface area contributed by atoms with E-state index < -0.39 is 0 Å². The minimum atomic E-state index is 0.881. The second-order valence-electron chi connectivity index (χ2n) is 4.24. The van der Waals surface area contributed by atoms with Crippen molar-refractivity contribution >= 4 is 5.95 Å². The molecule has 0 aromatic carbocycles. The Balaban J connectivity index is 2.03. The Bertz CT molecular complexity index is 342. The van der Waals surface area contributed by atoms with E-state index in [1.54, 1.807) is 0 Å². The van der Waals surface area contributed by atoms with Gasteiger partial charge in [0.25, 0.3) is 0 Å². The largest absolute Gasteiger partial charge is 0.355 e. The second kappa shape index (κ2) is 5.97. The summed E-state index contributed by atoms with van der Waals surface area (Å²) in [5.74, 6) is 1.95. The summed E-state index contributed by atoms with van der Waals surface area (Å²) in [4.78, 5) is 2.42. The van der Waals surface area contributed by atoms with E-state index >= 15 is 0 Å². The number of anilines is 1. The molecule has 0 radical (unpaired) electrons. The molecule has 1 saturated heterocycles. The Kier molecular flexibility index (Phi) is 4.33. The summed E-state index contributed by atoms with van der Waals surface area (Å²) in [5.41, 5.74) is 0. The van der Waals surface area contributed by atoms with Crippen LogP contribution in [0.15, 0.2) is 0 Å². The highest BCUT2D eigenvalue weighted by Crippen LogP contribution is 2.10. The van der Waals surface area contributed by atoms with E-state index in [1.807, 2.05) is 0 Å². The number of aromatic nitrogens is 3. The van der Waals surface area contributed by atoms with Crippen molar-refractivity contribution in [2.75, 3.05) is 38.0 Å². The third-order valence-electron chi connectivity index (χ3n) is 3.05. The van der Waals surface area contributed by atoms with Crippen molar-refractivity contribution in [1.82, 2.24) is 25.0 Å². The molecule has 96 valence electrons. The maximum Gasteiger partial charge on any atom is 0.224 e. The van der Waals surface area contributed by atoms with Gasteiger partial charge in [-0.3, -0.25) is 9.47 Å². The predicted molar refractivity (Wildman–Crippen MR) is 68.0 cm³/mol. The van der Waals surface area contributed by atoms with Gasteiger partial charge < -0.3 is 10.6 Å². The van der Waals surface area contributed by atoms with Crippen LogP contribution in [0.4, 0.5) is 5.95 Å². The first kappa shape index (κ1) is 12.3. The monoisotopic (exact) mass is 238 g/mol. The van der Waals surface area contributed by atoms with E-state index in [0.717, 1.165) is 57.6 Å². The Morgan fingerprint density at radius 3 is 2.65 bits per heavy atom. The minimum absolute atomic E-state index is 0.881. The molecule has 0 bridgehead atoms. The molecule has 1 fully saturated rings. The van der Waals surface area contributed by atoms with Gasteiger partial charge >= 0.3 is 0 Å². The molecule has 0 spiro atoms. The third kappa shape index (κ3) is 2.95. The zero-order chi connectivity index (χ0) is 12.1. The van der Waals surface area contributed by atoms with E-state index in [4.69, 9.17) is 0 Å². The summed E-state index contributed by atoms with van der Waals surface area (Å²) in [7, 11) is 0. The number of nitrogens with zero attached hydrogens (tertiary/aromatic N) is 4. The fraction of sp³-hybridized carbons (Fsp3) is 0.818. The van der Waals surface area contributed by atoms with Crippen LogP contribution in [0.5, 0.6) is 0 Å². The average Bonchev–Trinajstić information content (AvgIpc) is 2.73. The summed E-state index contributed by atoms with van der Waals surface area (Å²) in [5, 5.41) is 15.1. The van der Waals surface area contributed by atoms with Gasteiger partial charge in [-0.05, 0) is 13.8 Å². The van der Waals surface area contributed by atoms with Crippen LogP contribution in [0.2, 0.25) is 0 Å². The first-order valence-corrected chi connectivity index (χ1v) is 6.44. The lowest BCUT2D eigenvalue weighted by Crippen LogP contribution is -2.43. The molecule has 2 rings (SSSR count). The molecule has 1 aromatic heterocycles. The zero-order valence-electron chi connectivity index (χ0n) is 10.7. The Morgan fingerprint density at radius 1 is 1.24 bits per heavy atom. The van der Waals surface area contributed by atoms with Crippen molar-refractivity contribution in [3.8, 4) is 0 Å². The number of hydrogen-bond acceptors (Lipinski definition) is 5. The highest BCUT2D eigenvalue weighted by Gasteiger charge is 2.15. The van der Waals surface area contributed by atoms with Gasteiger partial charge in [-0.25, -0.2) is 0 Å². The van der Waals surface area contributed by atoms with Gasteiger partial charge in [-0.1, -0.05) is 0 Å². The van der Waals surface area contributed by atoms with Gasteiger partial charge in [0, 0.05) is 39.3 Å². The first-order chi connectivity index (χ1) is 8.35. The predicted octanol–water partition coefficient (Wildman–Crippen LogP) is 0.135. The van der Waals surface area contributed by atoms with E-state index in [9.17, 15) is 0 Å². The van der Waals surface area contributed by atoms with Crippen molar-refractivity contribution < 1.29 is 0 Å². The summed E-state index contributed by atoms with van der Waals surface area (Å²) < 4.78 is 2.16. The number of hydrogen-bond donors (Lipinski definition) is 2. The van der Waals surface area contributed by atoms with Crippen molar-refractivity contribution in [2.45, 2.75) is 26.9 Å². The molecule has 1 aliphatic heterocycles. The lowest BCUT2D eigenvalue weighted by Gasteiger charge is -2.26. The maximum absolute atomic E-state index is 4.29. The standard InChI is InChI=1S/C11H22N6/c1-3-13-11-15-14-10(17(11)4-2)9-16-7-5-12-6-8-16/h12H,3-9H2,1-2H3,(H,13,15). The number of nitrogens with one attached hydrogen (secondary N) is 2. The highest BCUT2D eigenvalue weighted by molar-refractivity contribution is 5.25. The summed E-state index contributed by atoms with van der Waals surface area (Å²) in [6.45, 7) is 11.2. The molecular weight excluding hydrogens is 216 g/mol. The second-order valence-corrected chi connectivity index (χ2v) is 4.24. The summed E-state index contributed by atoms with van der Waals surface area (Å²) in [6.07, 6.45) is 0. The highest BCUT2D eigenvalue weighted by atomic mass is 15.4. The Hall–Kier alpha value is -1.14. The van der Waals surface area contributed by atoms with Crippen molar-refractivity contribution in [3.05, 3.63) is 5.82 Å². The lowest BCUT2D eigenvalue weighted by molar-refractivity contribution is 0.225. The molecule has 0 aliphatic carbocycles. The van der Waals surface area contributed by atoms with Crippen LogP contribution >= 0.6 is 0 Å². The molecule has 6 nitrogen and oxygen atoms in total. The van der Waals surface area contributed by atoms with Crippen molar-refractivity contribution in [2.24, 2.45) is 0 Å². The molecule has 17 heavy (non-hydrogen) atoms. The van der Waals surface area contributed by atoms with Crippen LogP contribution < -0.4 is 10.6 Å². The van der Waals surface area contributed by atoms with Crippen LogP contribution in [0.1, 0.15) is 19.7 Å². The normalized spacial score (nSPS) is 17.3. The summed E-state index contributed by atoms with van der Waals surface area (Å²) >= 11 is 0. The summed E-state index contributed by atoms with van der Waals surface area (Å²) in [6, 6.07) is 0. The Morgan fingerprint density at radius 2 is 2.00 bits per heavy atom. The SMILES string of the molecule is CCNc1nnc(CN2CCNCC2)n1CC. The van der Waals surface area contributed by atoms with Gasteiger partial charge in [0.1, 0.15) is 5.82 Å². The third-order valence-corrected chi connectivity index (χ3v) is 3.05. The van der Waals surface area contributed by atoms with Crippen molar-refractivity contribution in [1.29, 1.82) is 0 Å². The van der Waals surface area contributed by atoms with Crippen LogP contribution in [-0.2, 0) is 13.1 Å². The topological polar surface area (TPSA) is 58.0 Å². The average molecular weight is 238 g/mol. The van der Waals surface area contributed by atoms with Gasteiger partial charge in [0.05, 0.1) is 6.54 Å². The quantitative estimate of drug-likeness (QED) is 0.764. The van der Waals surface area contributed by atoms with Gasteiger partial charge in [0.15, 0.2) is 0 Å². The van der Waals surface area contributed by atoms with Crippen LogP contribution in [0.3, 0.4) is 0 Å². The first-order valence-electron chi connectivity index (χ1n) is 6.44. The number of piperazine rings is 1. The molecule has 2 N–H and O–H groups in total.